The van der Waals surface area contributed by atoms with Gasteiger partial charge in [-0.1, -0.05) is 116 Å². The lowest BCUT2D eigenvalue weighted by atomic mass is 10.0. The van der Waals surface area contributed by atoms with E-state index in [1.165, 1.54) is 63.4 Å². The van der Waals surface area contributed by atoms with Crippen LogP contribution in [0.2, 0.25) is 0 Å². The number of aryl methyl sites for hydroxylation is 1. The Kier molecular flexibility index (Phi) is 23.3. The van der Waals surface area contributed by atoms with E-state index in [4.69, 9.17) is 14.2 Å². The van der Waals surface area contributed by atoms with E-state index in [9.17, 15) is 9.59 Å². The molecular formula is C35H60O5. The Bertz CT molecular complexity index is 730. The van der Waals surface area contributed by atoms with Crippen LogP contribution in [0.15, 0.2) is 24.3 Å². The smallest absolute Gasteiger partial charge is 0.305 e. The molecule has 0 aliphatic heterocycles. The Morgan fingerprint density at radius 3 is 1.77 bits per heavy atom. The molecule has 1 atom stereocenters. The number of unbranched alkanes of at least 4 members (excludes halogenated alkanes) is 12. The standard InChI is InChI=1S/C35H60O5/c1-4-7-9-10-11-14-17-21-32-24-26-33(27-25-32)38-28-29-39-34(36)22-18-15-12-13-16-19-23-35(37)40-30-31(6-3)20-8-5-2/h24-27,31H,4-23,28-30H2,1-3H3. The molecule has 0 amide bonds. The average Bonchev–Trinajstić information content (AvgIpc) is 2.97. The minimum absolute atomic E-state index is 0.0579. The number of hydrogen-bond acceptors (Lipinski definition) is 5. The second kappa shape index (κ2) is 25.9. The first-order valence-electron chi connectivity index (χ1n) is 16.6. The lowest BCUT2D eigenvalue weighted by Gasteiger charge is -2.14. The highest BCUT2D eigenvalue weighted by atomic mass is 16.6. The Hall–Kier alpha value is -2.04. The van der Waals surface area contributed by atoms with E-state index in [-0.39, 0.29) is 18.5 Å². The Labute approximate surface area is 246 Å². The molecule has 1 unspecified atom stereocenters. The number of benzene rings is 1. The van der Waals surface area contributed by atoms with Gasteiger partial charge in [0.25, 0.3) is 0 Å². The summed E-state index contributed by atoms with van der Waals surface area (Å²) in [6.07, 6.45) is 22.0. The average molecular weight is 561 g/mol. The molecule has 230 valence electrons. The monoisotopic (exact) mass is 560 g/mol. The molecule has 0 spiro atoms. The summed E-state index contributed by atoms with van der Waals surface area (Å²) < 4.78 is 16.5. The van der Waals surface area contributed by atoms with Crippen molar-refractivity contribution >= 4 is 11.9 Å². The number of carbonyl (C=O) groups excluding carboxylic acids is 2. The molecule has 1 aromatic carbocycles. The van der Waals surface area contributed by atoms with E-state index in [2.05, 4.69) is 32.9 Å². The number of hydrogen-bond donors (Lipinski definition) is 0. The molecule has 0 N–H and O–H groups in total. The second-order valence-electron chi connectivity index (χ2n) is 11.3. The fourth-order valence-corrected chi connectivity index (χ4v) is 4.85. The van der Waals surface area contributed by atoms with Gasteiger partial charge in [0.2, 0.25) is 0 Å². The zero-order valence-electron chi connectivity index (χ0n) is 26.2. The predicted molar refractivity (Wildman–Crippen MR) is 166 cm³/mol. The topological polar surface area (TPSA) is 61.8 Å². The predicted octanol–water partition coefficient (Wildman–Crippen LogP) is 9.78. The molecule has 0 fully saturated rings. The van der Waals surface area contributed by atoms with Gasteiger partial charge in [-0.3, -0.25) is 9.59 Å². The van der Waals surface area contributed by atoms with Crippen molar-refractivity contribution in [2.75, 3.05) is 19.8 Å². The van der Waals surface area contributed by atoms with Crippen molar-refractivity contribution < 1.29 is 23.8 Å². The third-order valence-corrected chi connectivity index (χ3v) is 7.64. The normalized spacial score (nSPS) is 11.8. The zero-order chi connectivity index (χ0) is 29.1. The molecule has 0 heterocycles. The van der Waals surface area contributed by atoms with Crippen molar-refractivity contribution in [1.82, 2.24) is 0 Å². The van der Waals surface area contributed by atoms with Gasteiger partial charge >= 0.3 is 11.9 Å². The Morgan fingerprint density at radius 1 is 0.625 bits per heavy atom. The quantitative estimate of drug-likeness (QED) is 0.0791. The van der Waals surface area contributed by atoms with Crippen LogP contribution in [0.5, 0.6) is 5.75 Å². The number of rotatable bonds is 27. The largest absolute Gasteiger partial charge is 0.490 e. The molecule has 1 rings (SSSR count). The van der Waals surface area contributed by atoms with Crippen LogP contribution in [0, 0.1) is 5.92 Å². The first-order chi connectivity index (χ1) is 19.6. The summed E-state index contributed by atoms with van der Waals surface area (Å²) in [7, 11) is 0. The molecular weight excluding hydrogens is 500 g/mol. The van der Waals surface area contributed by atoms with Gasteiger partial charge in [-0.15, -0.1) is 0 Å². The molecule has 0 radical (unpaired) electrons. The highest BCUT2D eigenvalue weighted by Gasteiger charge is 2.10. The summed E-state index contributed by atoms with van der Waals surface area (Å²) in [6, 6.07) is 8.30. The van der Waals surface area contributed by atoms with Gasteiger partial charge in [-0.25, -0.2) is 0 Å². The van der Waals surface area contributed by atoms with Crippen LogP contribution in [0.3, 0.4) is 0 Å². The van der Waals surface area contributed by atoms with Crippen molar-refractivity contribution in [2.45, 2.75) is 149 Å². The van der Waals surface area contributed by atoms with Crippen LogP contribution >= 0.6 is 0 Å². The van der Waals surface area contributed by atoms with E-state index >= 15 is 0 Å². The van der Waals surface area contributed by atoms with Crippen LogP contribution in [-0.4, -0.2) is 31.8 Å². The molecule has 0 aliphatic rings. The minimum atomic E-state index is -0.152. The third kappa shape index (κ3) is 20.8. The molecule has 0 aliphatic carbocycles. The van der Waals surface area contributed by atoms with Crippen molar-refractivity contribution in [1.29, 1.82) is 0 Å². The number of ether oxygens (including phenoxy) is 3. The summed E-state index contributed by atoms with van der Waals surface area (Å²) in [5.41, 5.74) is 1.35. The summed E-state index contributed by atoms with van der Waals surface area (Å²) in [5.74, 6) is 1.12. The summed E-state index contributed by atoms with van der Waals surface area (Å²) >= 11 is 0. The SMILES string of the molecule is CCCCCCCCCc1ccc(OCCOC(=O)CCCCCCCCC(=O)OCC(CC)CCCC)cc1. The maximum absolute atomic E-state index is 12.0. The number of carbonyl (C=O) groups is 2. The summed E-state index contributed by atoms with van der Waals surface area (Å²) in [4.78, 5) is 23.9. The van der Waals surface area contributed by atoms with Crippen LogP contribution in [0.25, 0.3) is 0 Å². The van der Waals surface area contributed by atoms with Crippen molar-refractivity contribution in [2.24, 2.45) is 5.92 Å². The first kappa shape index (κ1) is 36.0. The van der Waals surface area contributed by atoms with Crippen molar-refractivity contribution in [3.63, 3.8) is 0 Å². The van der Waals surface area contributed by atoms with Gasteiger partial charge in [0, 0.05) is 12.8 Å². The van der Waals surface area contributed by atoms with Gasteiger partial charge < -0.3 is 14.2 Å². The van der Waals surface area contributed by atoms with E-state index in [0.717, 1.165) is 63.5 Å². The second-order valence-corrected chi connectivity index (χ2v) is 11.3. The third-order valence-electron chi connectivity index (χ3n) is 7.64. The van der Waals surface area contributed by atoms with Crippen molar-refractivity contribution in [3.05, 3.63) is 29.8 Å². The van der Waals surface area contributed by atoms with Crippen molar-refractivity contribution in [3.8, 4) is 5.75 Å². The summed E-state index contributed by atoms with van der Waals surface area (Å²) in [5, 5.41) is 0. The van der Waals surface area contributed by atoms with Gasteiger partial charge in [0.1, 0.15) is 19.0 Å². The van der Waals surface area contributed by atoms with Crippen LogP contribution < -0.4 is 4.74 Å². The van der Waals surface area contributed by atoms with Gasteiger partial charge in [0.15, 0.2) is 0 Å². The lowest BCUT2D eigenvalue weighted by Crippen LogP contribution is -2.13. The fourth-order valence-electron chi connectivity index (χ4n) is 4.85. The van der Waals surface area contributed by atoms with E-state index in [1.807, 2.05) is 12.1 Å². The molecule has 40 heavy (non-hydrogen) atoms. The fraction of sp³-hybridized carbons (Fsp3) is 0.771. The molecule has 0 bridgehead atoms. The molecule has 0 saturated carbocycles. The lowest BCUT2D eigenvalue weighted by molar-refractivity contribution is -0.145. The van der Waals surface area contributed by atoms with Gasteiger partial charge in [-0.2, -0.15) is 0 Å². The maximum atomic E-state index is 12.0. The highest BCUT2D eigenvalue weighted by molar-refractivity contribution is 5.69. The van der Waals surface area contributed by atoms with E-state index in [1.54, 1.807) is 0 Å². The van der Waals surface area contributed by atoms with Crippen LogP contribution in [0.4, 0.5) is 0 Å². The Balaban J connectivity index is 1.94. The highest BCUT2D eigenvalue weighted by Crippen LogP contribution is 2.16. The van der Waals surface area contributed by atoms with Crippen LogP contribution in [-0.2, 0) is 25.5 Å². The molecule has 0 aromatic heterocycles. The number of esters is 2. The van der Waals surface area contributed by atoms with Crippen LogP contribution in [0.1, 0.15) is 148 Å². The van der Waals surface area contributed by atoms with Gasteiger partial charge in [-0.05, 0) is 55.7 Å². The van der Waals surface area contributed by atoms with E-state index < -0.39 is 0 Å². The maximum Gasteiger partial charge on any atom is 0.305 e. The minimum Gasteiger partial charge on any atom is -0.490 e. The molecule has 1 aromatic rings. The molecule has 5 nitrogen and oxygen atoms in total. The zero-order valence-corrected chi connectivity index (χ0v) is 26.2. The van der Waals surface area contributed by atoms with E-state index in [0.29, 0.717) is 32.0 Å². The molecule has 0 saturated heterocycles. The first-order valence-corrected chi connectivity index (χ1v) is 16.6. The van der Waals surface area contributed by atoms with Gasteiger partial charge in [0.05, 0.1) is 6.61 Å². The molecule has 5 heteroatoms. The summed E-state index contributed by atoms with van der Waals surface area (Å²) in [6.45, 7) is 7.85. The Morgan fingerprint density at radius 2 is 1.18 bits per heavy atom.